The van der Waals surface area contributed by atoms with Crippen LogP contribution in [0.2, 0.25) is 0 Å². The normalized spacial score (nSPS) is 11.7. The summed E-state index contributed by atoms with van der Waals surface area (Å²) in [4.78, 5) is 21.2. The second-order valence-corrected chi connectivity index (χ2v) is 9.64. The molecule has 0 fully saturated rings. The highest BCUT2D eigenvalue weighted by Gasteiger charge is 2.35. The molecule has 34 heavy (non-hydrogen) atoms. The van der Waals surface area contributed by atoms with Gasteiger partial charge in [-0.3, -0.25) is 4.79 Å². The Morgan fingerprint density at radius 1 is 1.09 bits per heavy atom. The zero-order chi connectivity index (χ0) is 25.1. The lowest BCUT2D eigenvalue weighted by Gasteiger charge is -2.15. The molecule has 0 saturated heterocycles. The number of halogens is 3. The predicted molar refractivity (Wildman–Crippen MR) is 122 cm³/mol. The van der Waals surface area contributed by atoms with Gasteiger partial charge in [-0.25, -0.2) is 13.4 Å². The fourth-order valence-electron chi connectivity index (χ4n) is 2.94. The molecule has 2 aromatic carbocycles. The van der Waals surface area contributed by atoms with Crippen LogP contribution in [0.3, 0.4) is 0 Å². The van der Waals surface area contributed by atoms with Crippen LogP contribution >= 0.6 is 0 Å². The third kappa shape index (κ3) is 6.22. The van der Waals surface area contributed by atoms with E-state index < -0.39 is 27.4 Å². The largest absolute Gasteiger partial charge is 0.421 e. The molecular weight excluding hydrogens is 471 g/mol. The van der Waals surface area contributed by atoms with Gasteiger partial charge in [0.1, 0.15) is 11.4 Å². The Kier molecular flexibility index (Phi) is 7.10. The van der Waals surface area contributed by atoms with Gasteiger partial charge in [-0.2, -0.15) is 18.2 Å². The summed E-state index contributed by atoms with van der Waals surface area (Å²) in [5.41, 5.74) is 0.319. The summed E-state index contributed by atoms with van der Waals surface area (Å²) < 4.78 is 63.9. The third-order valence-electron chi connectivity index (χ3n) is 4.67. The molecule has 0 bridgehead atoms. The Labute approximate surface area is 194 Å². The van der Waals surface area contributed by atoms with Crippen LogP contribution in [0.15, 0.2) is 59.6 Å². The number of amides is 1. The lowest BCUT2D eigenvalue weighted by Crippen LogP contribution is -2.21. The van der Waals surface area contributed by atoms with E-state index in [1.54, 1.807) is 44.4 Å². The maximum Gasteiger partial charge on any atom is 0.421 e. The van der Waals surface area contributed by atoms with Crippen molar-refractivity contribution < 1.29 is 26.4 Å². The van der Waals surface area contributed by atoms with Gasteiger partial charge in [0.05, 0.1) is 4.90 Å². The van der Waals surface area contributed by atoms with Crippen molar-refractivity contribution in [1.29, 1.82) is 0 Å². The Hall–Kier alpha value is -3.67. The van der Waals surface area contributed by atoms with Gasteiger partial charge in [-0.1, -0.05) is 12.1 Å². The lowest BCUT2D eigenvalue weighted by atomic mass is 10.2. The van der Waals surface area contributed by atoms with E-state index in [0.717, 1.165) is 6.26 Å². The van der Waals surface area contributed by atoms with Gasteiger partial charge in [-0.05, 0) is 42.0 Å². The first-order chi connectivity index (χ1) is 15.8. The van der Waals surface area contributed by atoms with Gasteiger partial charge >= 0.3 is 6.18 Å². The molecule has 180 valence electrons. The van der Waals surface area contributed by atoms with Crippen LogP contribution in [0.4, 0.5) is 30.6 Å². The van der Waals surface area contributed by atoms with Gasteiger partial charge < -0.3 is 15.5 Å². The first-order valence-corrected chi connectivity index (χ1v) is 11.8. The summed E-state index contributed by atoms with van der Waals surface area (Å²) in [5.74, 6) is -0.745. The molecule has 0 aliphatic rings. The van der Waals surface area contributed by atoms with Crippen LogP contribution in [0.25, 0.3) is 0 Å². The van der Waals surface area contributed by atoms with Crippen LogP contribution < -0.4 is 10.6 Å². The van der Waals surface area contributed by atoms with E-state index in [1.807, 2.05) is 0 Å². The number of nitrogens with one attached hydrogen (secondary N) is 2. The van der Waals surface area contributed by atoms with Crippen LogP contribution in [0.1, 0.15) is 21.5 Å². The number of nitrogens with zero attached hydrogens (tertiary/aromatic N) is 3. The average molecular weight is 494 g/mol. The van der Waals surface area contributed by atoms with Gasteiger partial charge in [0, 0.05) is 44.3 Å². The smallest absolute Gasteiger partial charge is 0.365 e. The molecular formula is C22H22F3N5O3S. The zero-order valence-electron chi connectivity index (χ0n) is 18.5. The fraction of sp³-hybridized carbons (Fsp3) is 0.227. The number of carbonyl (C=O) groups is 1. The van der Waals surface area contributed by atoms with Gasteiger partial charge in [0.25, 0.3) is 5.91 Å². The highest BCUT2D eigenvalue weighted by Crippen LogP contribution is 2.34. The van der Waals surface area contributed by atoms with E-state index in [4.69, 9.17) is 0 Å². The maximum atomic E-state index is 13.5. The number of alkyl halides is 3. The minimum absolute atomic E-state index is 0.0593. The molecule has 0 atom stereocenters. The number of sulfone groups is 1. The summed E-state index contributed by atoms with van der Waals surface area (Å²) in [6.07, 6.45) is -3.00. The summed E-state index contributed by atoms with van der Waals surface area (Å²) in [5, 5.41) is 5.43. The number of hydrogen-bond donors (Lipinski definition) is 2. The molecule has 1 amide bonds. The second kappa shape index (κ2) is 9.67. The first kappa shape index (κ1) is 25.0. The highest BCUT2D eigenvalue weighted by atomic mass is 32.2. The fourth-order valence-corrected chi connectivity index (χ4v) is 3.63. The molecule has 1 aromatic heterocycles. The molecule has 0 radical (unpaired) electrons. The molecule has 3 rings (SSSR count). The van der Waals surface area contributed by atoms with Gasteiger partial charge in [-0.15, -0.1) is 0 Å². The quantitative estimate of drug-likeness (QED) is 0.514. The van der Waals surface area contributed by atoms with E-state index in [-0.39, 0.29) is 23.3 Å². The number of carbonyl (C=O) groups excluding carboxylic acids is 1. The number of hydrogen-bond acceptors (Lipinski definition) is 7. The van der Waals surface area contributed by atoms with Crippen molar-refractivity contribution in [2.45, 2.75) is 17.6 Å². The minimum atomic E-state index is -4.70. The Morgan fingerprint density at radius 3 is 2.35 bits per heavy atom. The SMILES string of the molecule is CN(C)C(=O)c1ccc(Nc2ncc(C(F)(F)F)c(NCc3cccc(S(C)(=O)=O)c3)n2)cc1. The molecule has 0 saturated carbocycles. The summed E-state index contributed by atoms with van der Waals surface area (Å²) in [6, 6.07) is 12.2. The van der Waals surface area contributed by atoms with Crippen LogP contribution in [-0.4, -0.2) is 49.5 Å². The number of anilines is 3. The lowest BCUT2D eigenvalue weighted by molar-refractivity contribution is -0.137. The topological polar surface area (TPSA) is 104 Å². The monoisotopic (exact) mass is 493 g/mol. The average Bonchev–Trinajstić information content (AvgIpc) is 2.76. The molecule has 2 N–H and O–H groups in total. The number of benzene rings is 2. The Bertz CT molecular complexity index is 1290. The highest BCUT2D eigenvalue weighted by molar-refractivity contribution is 7.90. The summed E-state index contributed by atoms with van der Waals surface area (Å²) in [6.45, 7) is -0.0930. The van der Waals surface area contributed by atoms with Crippen molar-refractivity contribution in [2.24, 2.45) is 0 Å². The molecule has 0 aliphatic carbocycles. The maximum absolute atomic E-state index is 13.5. The van der Waals surface area contributed by atoms with E-state index in [0.29, 0.717) is 23.0 Å². The van der Waals surface area contributed by atoms with Crippen LogP contribution in [-0.2, 0) is 22.6 Å². The number of aromatic nitrogens is 2. The van der Waals surface area contributed by atoms with Crippen molar-refractivity contribution in [3.8, 4) is 0 Å². The third-order valence-corrected chi connectivity index (χ3v) is 5.79. The Balaban J connectivity index is 1.84. The van der Waals surface area contributed by atoms with E-state index in [9.17, 15) is 26.4 Å². The summed E-state index contributed by atoms with van der Waals surface area (Å²) in [7, 11) is -0.218. The predicted octanol–water partition coefficient (Wildman–Crippen LogP) is 3.96. The van der Waals surface area contributed by atoms with Crippen molar-refractivity contribution >= 4 is 33.2 Å². The van der Waals surface area contributed by atoms with Gasteiger partial charge in [0.2, 0.25) is 5.95 Å². The molecule has 0 spiro atoms. The molecule has 3 aromatic rings. The Morgan fingerprint density at radius 2 is 1.76 bits per heavy atom. The molecule has 12 heteroatoms. The van der Waals surface area contributed by atoms with Crippen molar-refractivity contribution in [3.05, 3.63) is 71.4 Å². The van der Waals surface area contributed by atoms with Gasteiger partial charge in [0.15, 0.2) is 9.84 Å². The van der Waals surface area contributed by atoms with Crippen LogP contribution in [0.5, 0.6) is 0 Å². The minimum Gasteiger partial charge on any atom is -0.365 e. The summed E-state index contributed by atoms with van der Waals surface area (Å²) >= 11 is 0. The van der Waals surface area contributed by atoms with E-state index >= 15 is 0 Å². The van der Waals surface area contributed by atoms with Crippen molar-refractivity contribution in [1.82, 2.24) is 14.9 Å². The van der Waals surface area contributed by atoms with E-state index in [2.05, 4.69) is 20.6 Å². The molecule has 0 aliphatic heterocycles. The zero-order valence-corrected chi connectivity index (χ0v) is 19.3. The second-order valence-electron chi connectivity index (χ2n) is 7.63. The standard InChI is InChI=1S/C22H22F3N5O3S/c1-30(2)20(31)15-7-9-16(10-8-15)28-21-27-13-18(22(23,24)25)19(29-21)26-12-14-5-4-6-17(11-14)34(3,32)33/h4-11,13H,12H2,1-3H3,(H2,26,27,28,29). The van der Waals surface area contributed by atoms with Crippen molar-refractivity contribution in [3.63, 3.8) is 0 Å². The first-order valence-electron chi connectivity index (χ1n) is 9.90. The number of rotatable bonds is 7. The molecule has 1 heterocycles. The van der Waals surface area contributed by atoms with E-state index in [1.165, 1.54) is 23.1 Å². The van der Waals surface area contributed by atoms with Crippen LogP contribution in [0, 0.1) is 0 Å². The van der Waals surface area contributed by atoms with Crippen molar-refractivity contribution in [2.75, 3.05) is 31.0 Å². The molecule has 8 nitrogen and oxygen atoms in total. The molecule has 0 unspecified atom stereocenters.